The minimum absolute atomic E-state index is 2.60. The van der Waals surface area contributed by atoms with Crippen molar-refractivity contribution in [1.29, 1.82) is 0 Å². The Morgan fingerprint density at radius 3 is 1.79 bits per heavy atom. The van der Waals surface area contributed by atoms with E-state index in [1.54, 1.807) is 0 Å². The van der Waals surface area contributed by atoms with E-state index in [0.717, 1.165) is 0 Å². The van der Waals surface area contributed by atoms with Crippen molar-refractivity contribution >= 4 is 11.9 Å². The van der Waals surface area contributed by atoms with Gasteiger partial charge < -0.3 is 4.74 Å². The van der Waals surface area contributed by atoms with Crippen LogP contribution in [-0.4, -0.2) is 30.7 Å². The van der Waals surface area contributed by atoms with Crippen molar-refractivity contribution in [3.63, 3.8) is 0 Å². The molecule has 0 aromatic carbocycles. The lowest BCUT2D eigenvalue weighted by Gasteiger charge is -2.12. The van der Waals surface area contributed by atoms with Gasteiger partial charge in [-0.15, -0.1) is 0 Å². The Morgan fingerprint density at radius 2 is 1.50 bits per heavy atom. The maximum absolute atomic E-state index is 11.9. The summed E-state index contributed by atoms with van der Waals surface area (Å²) in [5.74, 6) is -10.9. The minimum Gasteiger partial charge on any atom is -0.384 e. The molecule has 0 aromatic heterocycles. The van der Waals surface area contributed by atoms with Crippen LogP contribution in [0, 0.1) is 0 Å². The topological polar surface area (TPSA) is 43.4 Å². The molecule has 0 aromatic rings. The number of hydrogen-bond donors (Lipinski definition) is 0. The normalized spacial score (nSPS) is 12.0. The molecular weight excluding hydrogens is 222 g/mol. The van der Waals surface area contributed by atoms with E-state index in [1.807, 2.05) is 0 Å². The Hall–Kier alpha value is -1.28. The Balaban J connectivity index is 4.43. The summed E-state index contributed by atoms with van der Waals surface area (Å²) in [6.45, 7) is 0. The summed E-state index contributed by atoms with van der Waals surface area (Å²) >= 11 is 0. The predicted molar refractivity (Wildman–Crippen MR) is 28.1 cm³/mol. The van der Waals surface area contributed by atoms with Crippen molar-refractivity contribution in [3.8, 4) is 0 Å². The van der Waals surface area contributed by atoms with Gasteiger partial charge >= 0.3 is 30.7 Å². The van der Waals surface area contributed by atoms with Gasteiger partial charge in [-0.3, -0.25) is 0 Å². The molecule has 0 N–H and O–H groups in total. The number of esters is 2. The first-order chi connectivity index (χ1) is 6.19. The van der Waals surface area contributed by atoms with Crippen LogP contribution in [0.15, 0.2) is 0 Å². The first-order valence-electron chi connectivity index (χ1n) is 2.89. The van der Waals surface area contributed by atoms with Crippen molar-refractivity contribution in [2.45, 2.75) is 18.8 Å². The molecule has 0 heterocycles. The van der Waals surface area contributed by atoms with Crippen molar-refractivity contribution in [3.05, 3.63) is 0 Å². The Kier molecular flexibility index (Phi) is 3.90. The summed E-state index contributed by atoms with van der Waals surface area (Å²) in [5.41, 5.74) is 0. The second kappa shape index (κ2) is 4.29. The van der Waals surface area contributed by atoms with Gasteiger partial charge in [-0.05, 0) is 0 Å². The van der Waals surface area contributed by atoms with E-state index >= 15 is 0 Å². The summed E-state index contributed by atoms with van der Waals surface area (Å²) in [7, 11) is 0. The van der Waals surface area contributed by atoms with Crippen molar-refractivity contribution in [1.82, 2.24) is 0 Å². The molecule has 0 saturated carbocycles. The molecule has 0 amide bonds. The summed E-state index contributed by atoms with van der Waals surface area (Å²) in [6, 6.07) is 0. The van der Waals surface area contributed by atoms with Crippen LogP contribution < -0.4 is 0 Å². The zero-order valence-electron chi connectivity index (χ0n) is 6.15. The van der Waals surface area contributed by atoms with Crippen LogP contribution in [0.4, 0.5) is 26.3 Å². The third-order valence-electron chi connectivity index (χ3n) is 0.918. The summed E-state index contributed by atoms with van der Waals surface area (Å²) in [5, 5.41) is 0. The van der Waals surface area contributed by atoms with Crippen LogP contribution >= 0.6 is 0 Å². The van der Waals surface area contributed by atoms with Gasteiger partial charge in [0.2, 0.25) is 0 Å². The fraction of sp³-hybridized carbons (Fsp3) is 0.600. The van der Waals surface area contributed by atoms with Gasteiger partial charge in [-0.2, -0.15) is 17.6 Å². The number of halogens is 6. The van der Waals surface area contributed by atoms with E-state index < -0.39 is 30.7 Å². The van der Waals surface area contributed by atoms with E-state index in [9.17, 15) is 35.9 Å². The third kappa shape index (κ3) is 2.89. The highest BCUT2D eigenvalue weighted by molar-refractivity contribution is 5.90. The number of ether oxygens (including phenoxy) is 1. The van der Waals surface area contributed by atoms with Crippen molar-refractivity contribution in [2.24, 2.45) is 0 Å². The number of alkyl halides is 6. The standard InChI is InChI=1S/C5H2F6O3/c6-1(7)2(12)14-4(13)5(10,11)3(8)9/h1,3H. The lowest BCUT2D eigenvalue weighted by atomic mass is 10.3. The zero-order chi connectivity index (χ0) is 11.5. The molecule has 0 aliphatic carbocycles. The monoisotopic (exact) mass is 224 g/mol. The van der Waals surface area contributed by atoms with E-state index in [1.165, 1.54) is 0 Å². The maximum Gasteiger partial charge on any atom is 0.402 e. The largest absolute Gasteiger partial charge is 0.402 e. The molecule has 0 radical (unpaired) electrons. The zero-order valence-corrected chi connectivity index (χ0v) is 6.15. The summed E-state index contributed by atoms with van der Waals surface area (Å²) in [4.78, 5) is 19.9. The first kappa shape index (κ1) is 12.7. The van der Waals surface area contributed by atoms with Gasteiger partial charge in [0.15, 0.2) is 0 Å². The molecule has 0 rings (SSSR count). The highest BCUT2D eigenvalue weighted by Gasteiger charge is 2.52. The fourth-order valence-corrected chi connectivity index (χ4v) is 0.293. The predicted octanol–water partition coefficient (Wildman–Crippen LogP) is 1.22. The molecular formula is C5H2F6O3. The Labute approximate surface area is 72.6 Å². The molecule has 0 saturated heterocycles. The van der Waals surface area contributed by atoms with Gasteiger partial charge in [0, 0.05) is 0 Å². The molecule has 0 aliphatic rings. The molecule has 0 spiro atoms. The van der Waals surface area contributed by atoms with Gasteiger partial charge in [-0.25, -0.2) is 18.4 Å². The smallest absolute Gasteiger partial charge is 0.384 e. The number of hydrogen-bond acceptors (Lipinski definition) is 3. The molecule has 0 bridgehead atoms. The second-order valence-corrected chi connectivity index (χ2v) is 1.93. The lowest BCUT2D eigenvalue weighted by molar-refractivity contribution is -0.200. The highest BCUT2D eigenvalue weighted by atomic mass is 19.3. The van der Waals surface area contributed by atoms with E-state index in [4.69, 9.17) is 0 Å². The van der Waals surface area contributed by atoms with Gasteiger partial charge in [0.1, 0.15) is 0 Å². The Morgan fingerprint density at radius 1 is 1.07 bits per heavy atom. The first-order valence-corrected chi connectivity index (χ1v) is 2.89. The quantitative estimate of drug-likeness (QED) is 0.411. The number of carbonyl (C=O) groups excluding carboxylic acids is 2. The molecule has 0 fully saturated rings. The van der Waals surface area contributed by atoms with Crippen molar-refractivity contribution in [2.75, 3.05) is 0 Å². The summed E-state index contributed by atoms with van der Waals surface area (Å²) < 4.78 is 72.0. The molecule has 82 valence electrons. The van der Waals surface area contributed by atoms with Crippen LogP contribution in [0.5, 0.6) is 0 Å². The van der Waals surface area contributed by atoms with Gasteiger partial charge in [0.25, 0.3) is 0 Å². The number of carbonyl (C=O) groups is 2. The molecule has 0 aliphatic heterocycles. The van der Waals surface area contributed by atoms with Gasteiger partial charge in [0.05, 0.1) is 0 Å². The molecule has 0 unspecified atom stereocenters. The average Bonchev–Trinajstić information content (AvgIpc) is 2.03. The highest BCUT2D eigenvalue weighted by Crippen LogP contribution is 2.24. The van der Waals surface area contributed by atoms with E-state index in [0.29, 0.717) is 0 Å². The van der Waals surface area contributed by atoms with Crippen LogP contribution in [0.1, 0.15) is 0 Å². The Bertz CT molecular complexity index is 238. The molecule has 3 nitrogen and oxygen atoms in total. The van der Waals surface area contributed by atoms with Crippen LogP contribution in [0.25, 0.3) is 0 Å². The molecule has 0 atom stereocenters. The average molecular weight is 224 g/mol. The lowest BCUT2D eigenvalue weighted by Crippen LogP contribution is -2.40. The fourth-order valence-electron chi connectivity index (χ4n) is 0.293. The number of rotatable bonds is 3. The van der Waals surface area contributed by atoms with Crippen LogP contribution in [0.2, 0.25) is 0 Å². The SMILES string of the molecule is O=C(OC(=O)C(F)(F)C(F)F)C(F)F. The minimum atomic E-state index is -5.27. The van der Waals surface area contributed by atoms with Crippen LogP contribution in [0.3, 0.4) is 0 Å². The van der Waals surface area contributed by atoms with Gasteiger partial charge in [-0.1, -0.05) is 0 Å². The third-order valence-corrected chi connectivity index (χ3v) is 0.918. The molecule has 14 heavy (non-hydrogen) atoms. The second-order valence-electron chi connectivity index (χ2n) is 1.93. The van der Waals surface area contributed by atoms with Crippen LogP contribution in [-0.2, 0) is 14.3 Å². The maximum atomic E-state index is 11.9. The van der Waals surface area contributed by atoms with E-state index in [-0.39, 0.29) is 0 Å². The summed E-state index contributed by atoms with van der Waals surface area (Å²) in [6.07, 6.45) is -8.27. The van der Waals surface area contributed by atoms with E-state index in [2.05, 4.69) is 4.74 Å². The van der Waals surface area contributed by atoms with Crippen molar-refractivity contribution < 1.29 is 40.7 Å². The molecule has 9 heteroatoms.